The van der Waals surface area contributed by atoms with E-state index in [2.05, 4.69) is 52.8 Å². The van der Waals surface area contributed by atoms with Crippen molar-refractivity contribution < 1.29 is 5.11 Å². The highest BCUT2D eigenvalue weighted by atomic mass is 16.3. The monoisotopic (exact) mass is 234 g/mol. The van der Waals surface area contributed by atoms with Crippen molar-refractivity contribution in [3.63, 3.8) is 0 Å². The molecule has 0 saturated carbocycles. The molecule has 1 rings (SSSR count). The molecule has 0 aliphatic rings. The van der Waals surface area contributed by atoms with Crippen LogP contribution in [0.25, 0.3) is 0 Å². The van der Waals surface area contributed by atoms with E-state index in [1.165, 1.54) is 11.1 Å². The van der Waals surface area contributed by atoms with Crippen LogP contribution < -0.4 is 0 Å². The maximum Gasteiger partial charge on any atom is 0.0797 e. The van der Waals surface area contributed by atoms with E-state index in [0.717, 1.165) is 24.8 Å². The third-order valence-corrected chi connectivity index (χ3v) is 3.16. The van der Waals surface area contributed by atoms with E-state index < -0.39 is 0 Å². The molecule has 0 aliphatic heterocycles. The van der Waals surface area contributed by atoms with E-state index in [1.54, 1.807) is 0 Å². The first-order valence-electron chi connectivity index (χ1n) is 6.67. The van der Waals surface area contributed by atoms with Crippen molar-refractivity contribution in [2.24, 2.45) is 5.41 Å². The van der Waals surface area contributed by atoms with E-state index in [1.807, 2.05) is 0 Å². The Balaban J connectivity index is 3.01. The molecule has 0 heterocycles. The average Bonchev–Trinajstić information content (AvgIpc) is 2.25. The van der Waals surface area contributed by atoms with Gasteiger partial charge in [-0.25, -0.2) is 0 Å². The summed E-state index contributed by atoms with van der Waals surface area (Å²) in [4.78, 5) is 0. The second kappa shape index (κ2) is 5.68. The Kier molecular flexibility index (Phi) is 4.76. The van der Waals surface area contributed by atoms with Crippen molar-refractivity contribution in [2.75, 3.05) is 0 Å². The summed E-state index contributed by atoms with van der Waals surface area (Å²) in [6, 6.07) is 6.52. The van der Waals surface area contributed by atoms with Gasteiger partial charge in [-0.2, -0.15) is 0 Å². The van der Waals surface area contributed by atoms with Gasteiger partial charge in [0.2, 0.25) is 0 Å². The zero-order valence-electron chi connectivity index (χ0n) is 11.9. The van der Waals surface area contributed by atoms with Crippen LogP contribution in [0.2, 0.25) is 0 Å². The largest absolute Gasteiger partial charge is 0.388 e. The molecule has 1 N–H and O–H groups in total. The van der Waals surface area contributed by atoms with Crippen molar-refractivity contribution in [1.29, 1.82) is 0 Å². The third-order valence-electron chi connectivity index (χ3n) is 3.16. The number of hydrogen-bond acceptors (Lipinski definition) is 1. The molecule has 0 radical (unpaired) electrons. The maximum absolute atomic E-state index is 10.4. The minimum atomic E-state index is -0.337. The summed E-state index contributed by atoms with van der Waals surface area (Å²) in [5.41, 5.74) is 3.87. The first-order chi connectivity index (χ1) is 7.87. The van der Waals surface area contributed by atoms with Gasteiger partial charge < -0.3 is 5.11 Å². The molecule has 0 aliphatic carbocycles. The number of hydrogen-bond donors (Lipinski definition) is 1. The molecule has 0 bridgehead atoms. The number of aliphatic hydroxyl groups excluding tert-OH is 1. The fraction of sp³-hybridized carbons (Fsp3) is 0.625. The molecule has 1 nitrogen and oxygen atoms in total. The van der Waals surface area contributed by atoms with Crippen LogP contribution in [0.3, 0.4) is 0 Å². The molecule has 0 spiro atoms. The lowest BCUT2D eigenvalue weighted by atomic mass is 9.85. The fourth-order valence-corrected chi connectivity index (χ4v) is 2.19. The number of aliphatic hydroxyl groups is 1. The van der Waals surface area contributed by atoms with E-state index in [-0.39, 0.29) is 11.5 Å². The van der Waals surface area contributed by atoms with Crippen LogP contribution >= 0.6 is 0 Å². The Morgan fingerprint density at radius 1 is 1.12 bits per heavy atom. The van der Waals surface area contributed by atoms with E-state index in [0.29, 0.717) is 0 Å². The zero-order valence-corrected chi connectivity index (χ0v) is 11.9. The Hall–Kier alpha value is -0.820. The van der Waals surface area contributed by atoms with Crippen LogP contribution in [0.15, 0.2) is 18.2 Å². The van der Waals surface area contributed by atoms with E-state index in [9.17, 15) is 5.11 Å². The highest BCUT2D eigenvalue weighted by Gasteiger charge is 2.20. The Labute approximate surface area is 106 Å². The molecule has 1 unspecified atom stereocenters. The Morgan fingerprint density at radius 3 is 2.24 bits per heavy atom. The molecular weight excluding hydrogens is 208 g/mol. The molecule has 1 aromatic rings. The summed E-state index contributed by atoms with van der Waals surface area (Å²) in [6.45, 7) is 10.8. The standard InChI is InChI=1S/C16H26O/c1-6-12-8-9-13(7-2)14(10-12)15(17)11-16(3,4)5/h8-10,15,17H,6-7,11H2,1-5H3. The van der Waals surface area contributed by atoms with E-state index >= 15 is 0 Å². The average molecular weight is 234 g/mol. The van der Waals surface area contributed by atoms with Gasteiger partial charge in [-0.15, -0.1) is 0 Å². The highest BCUT2D eigenvalue weighted by Crippen LogP contribution is 2.31. The lowest BCUT2D eigenvalue weighted by molar-refractivity contribution is 0.121. The molecule has 1 atom stereocenters. The number of aryl methyl sites for hydroxylation is 2. The predicted octanol–water partition coefficient (Wildman–Crippen LogP) is 4.28. The van der Waals surface area contributed by atoms with Crippen molar-refractivity contribution in [3.05, 3.63) is 34.9 Å². The van der Waals surface area contributed by atoms with Gasteiger partial charge in [0.25, 0.3) is 0 Å². The molecule has 96 valence electrons. The molecule has 0 aromatic heterocycles. The first-order valence-corrected chi connectivity index (χ1v) is 6.67. The van der Waals surface area contributed by atoms with Gasteiger partial charge in [0, 0.05) is 0 Å². The second-order valence-corrected chi connectivity index (χ2v) is 6.02. The van der Waals surface area contributed by atoms with Crippen LogP contribution in [0.1, 0.15) is 63.8 Å². The van der Waals surface area contributed by atoms with Crippen LogP contribution in [0, 0.1) is 5.41 Å². The predicted molar refractivity (Wildman–Crippen MR) is 74.2 cm³/mol. The molecular formula is C16H26O. The minimum absolute atomic E-state index is 0.159. The number of rotatable bonds is 4. The number of benzene rings is 1. The summed E-state index contributed by atoms with van der Waals surface area (Å²) in [7, 11) is 0. The zero-order chi connectivity index (χ0) is 13.1. The Bertz CT molecular complexity index is 360. The van der Waals surface area contributed by atoms with Crippen LogP contribution in [0.5, 0.6) is 0 Å². The van der Waals surface area contributed by atoms with Crippen LogP contribution in [-0.2, 0) is 12.8 Å². The van der Waals surface area contributed by atoms with Crippen molar-refractivity contribution >= 4 is 0 Å². The highest BCUT2D eigenvalue weighted by molar-refractivity contribution is 5.34. The minimum Gasteiger partial charge on any atom is -0.388 e. The van der Waals surface area contributed by atoms with Gasteiger partial charge in [-0.3, -0.25) is 0 Å². The van der Waals surface area contributed by atoms with Gasteiger partial charge in [-0.1, -0.05) is 52.8 Å². The van der Waals surface area contributed by atoms with Crippen molar-refractivity contribution in [3.8, 4) is 0 Å². The van der Waals surface area contributed by atoms with Crippen LogP contribution in [0.4, 0.5) is 0 Å². The van der Waals surface area contributed by atoms with Gasteiger partial charge in [-0.05, 0) is 41.4 Å². The van der Waals surface area contributed by atoms with Gasteiger partial charge in [0.15, 0.2) is 0 Å². The normalized spacial score (nSPS) is 13.8. The SMILES string of the molecule is CCc1ccc(CC)c(C(O)CC(C)(C)C)c1. The fourth-order valence-electron chi connectivity index (χ4n) is 2.19. The molecule has 1 heteroatoms. The summed E-state index contributed by atoms with van der Waals surface area (Å²) >= 11 is 0. The van der Waals surface area contributed by atoms with Crippen LogP contribution in [-0.4, -0.2) is 5.11 Å². The van der Waals surface area contributed by atoms with Crippen molar-refractivity contribution in [1.82, 2.24) is 0 Å². The summed E-state index contributed by atoms with van der Waals surface area (Å²) < 4.78 is 0. The van der Waals surface area contributed by atoms with Crippen molar-refractivity contribution in [2.45, 2.75) is 60.0 Å². The second-order valence-electron chi connectivity index (χ2n) is 6.02. The molecule has 0 amide bonds. The molecule has 1 aromatic carbocycles. The van der Waals surface area contributed by atoms with E-state index in [4.69, 9.17) is 0 Å². The summed E-state index contributed by atoms with van der Waals surface area (Å²) in [5.74, 6) is 0. The van der Waals surface area contributed by atoms with Gasteiger partial charge in [0.1, 0.15) is 0 Å². The first kappa shape index (κ1) is 14.2. The topological polar surface area (TPSA) is 20.2 Å². The summed E-state index contributed by atoms with van der Waals surface area (Å²) in [5, 5.41) is 10.4. The molecule has 0 fully saturated rings. The smallest absolute Gasteiger partial charge is 0.0797 e. The lowest BCUT2D eigenvalue weighted by Crippen LogP contribution is -2.13. The maximum atomic E-state index is 10.4. The van der Waals surface area contributed by atoms with Gasteiger partial charge in [0.05, 0.1) is 6.10 Å². The summed E-state index contributed by atoms with van der Waals surface area (Å²) in [6.07, 6.45) is 2.49. The molecule has 17 heavy (non-hydrogen) atoms. The third kappa shape index (κ3) is 4.16. The Morgan fingerprint density at radius 2 is 1.76 bits per heavy atom. The quantitative estimate of drug-likeness (QED) is 0.824. The van der Waals surface area contributed by atoms with Gasteiger partial charge >= 0.3 is 0 Å². The lowest BCUT2D eigenvalue weighted by Gasteiger charge is -2.24. The molecule has 0 saturated heterocycles.